The van der Waals surface area contributed by atoms with Gasteiger partial charge in [-0.05, 0) is 18.2 Å². The monoisotopic (exact) mass is 381 g/mol. The van der Waals surface area contributed by atoms with Gasteiger partial charge in [-0.25, -0.2) is 8.42 Å². The van der Waals surface area contributed by atoms with Crippen molar-refractivity contribution in [2.75, 3.05) is 37.4 Å². The molecule has 0 radical (unpaired) electrons. The Kier molecular flexibility index (Phi) is 6.36. The van der Waals surface area contributed by atoms with Crippen molar-refractivity contribution in [2.24, 2.45) is 0 Å². The molecule has 140 valence electrons. The smallest absolute Gasteiger partial charge is 0.270 e. The first-order valence-corrected chi connectivity index (χ1v) is 9.04. The van der Waals surface area contributed by atoms with Crippen molar-refractivity contribution in [3.63, 3.8) is 0 Å². The second-order valence-electron chi connectivity index (χ2n) is 5.16. The molecule has 0 amide bonds. The Labute approximate surface area is 151 Å². The fourth-order valence-corrected chi connectivity index (χ4v) is 3.48. The number of nitro benzene ring substituents is 1. The summed E-state index contributed by atoms with van der Waals surface area (Å²) >= 11 is 0. The van der Waals surface area contributed by atoms with Crippen molar-refractivity contribution >= 4 is 27.1 Å². The Morgan fingerprint density at radius 1 is 1.12 bits per heavy atom. The first-order chi connectivity index (χ1) is 12.4. The molecule has 0 unspecified atom stereocenters. The lowest BCUT2D eigenvalue weighted by Crippen LogP contribution is -2.17. The van der Waals surface area contributed by atoms with E-state index < -0.39 is 14.9 Å². The van der Waals surface area contributed by atoms with Gasteiger partial charge in [0.15, 0.2) is 0 Å². The zero-order valence-electron chi connectivity index (χ0n) is 14.3. The van der Waals surface area contributed by atoms with E-state index in [4.69, 9.17) is 9.47 Å². The number of nitrogens with zero attached hydrogens (tertiary/aromatic N) is 1. The first-order valence-electron chi connectivity index (χ1n) is 7.56. The molecule has 0 aliphatic carbocycles. The van der Waals surface area contributed by atoms with E-state index in [1.54, 1.807) is 18.2 Å². The molecule has 0 aromatic heterocycles. The fourth-order valence-electron chi connectivity index (χ4n) is 2.21. The van der Waals surface area contributed by atoms with Gasteiger partial charge in [0.25, 0.3) is 15.7 Å². The summed E-state index contributed by atoms with van der Waals surface area (Å²) in [5.41, 5.74) is 0.127. The van der Waals surface area contributed by atoms with E-state index in [0.29, 0.717) is 18.9 Å². The lowest BCUT2D eigenvalue weighted by molar-refractivity contribution is -0.385. The fraction of sp³-hybridized carbons (Fsp3) is 0.250. The summed E-state index contributed by atoms with van der Waals surface area (Å²) in [6.45, 7) is 0.682. The van der Waals surface area contributed by atoms with Crippen LogP contribution in [-0.2, 0) is 14.8 Å². The van der Waals surface area contributed by atoms with Crippen LogP contribution in [0.2, 0.25) is 0 Å². The predicted molar refractivity (Wildman–Crippen MR) is 97.3 cm³/mol. The normalized spacial score (nSPS) is 11.0. The number of rotatable bonds is 9. The van der Waals surface area contributed by atoms with Crippen LogP contribution in [0.5, 0.6) is 5.75 Å². The van der Waals surface area contributed by atoms with Crippen LogP contribution in [0.4, 0.5) is 17.1 Å². The minimum absolute atomic E-state index is 0.226. The predicted octanol–water partition coefficient (Wildman–Crippen LogP) is 2.46. The summed E-state index contributed by atoms with van der Waals surface area (Å²) in [6, 6.07) is 10.1. The molecule has 0 aliphatic heterocycles. The number of ether oxygens (including phenoxy) is 2. The highest BCUT2D eigenvalue weighted by atomic mass is 32.2. The van der Waals surface area contributed by atoms with Crippen molar-refractivity contribution < 1.29 is 22.8 Å². The van der Waals surface area contributed by atoms with Gasteiger partial charge in [-0.15, -0.1) is 0 Å². The molecule has 2 rings (SSSR count). The third-order valence-corrected chi connectivity index (χ3v) is 4.84. The molecule has 0 saturated heterocycles. The second-order valence-corrected chi connectivity index (χ2v) is 6.81. The molecule has 2 aromatic carbocycles. The van der Waals surface area contributed by atoms with Crippen molar-refractivity contribution in [2.45, 2.75) is 4.90 Å². The van der Waals surface area contributed by atoms with Crippen molar-refractivity contribution in [1.29, 1.82) is 0 Å². The highest BCUT2D eigenvalue weighted by molar-refractivity contribution is 7.93. The number of hydrogen-bond donors (Lipinski definition) is 2. The second kappa shape index (κ2) is 8.50. The number of methoxy groups -OCH3 is 2. The molecule has 9 nitrogen and oxygen atoms in total. The van der Waals surface area contributed by atoms with E-state index in [1.807, 2.05) is 0 Å². The lowest BCUT2D eigenvalue weighted by Gasteiger charge is -2.15. The molecule has 0 atom stereocenters. The number of nitro groups is 1. The molecular weight excluding hydrogens is 362 g/mol. The number of anilines is 2. The zero-order chi connectivity index (χ0) is 19.2. The minimum atomic E-state index is -4.11. The molecule has 0 fully saturated rings. The van der Waals surface area contributed by atoms with Crippen molar-refractivity contribution in [3.05, 3.63) is 52.6 Å². The number of non-ortho nitro benzene ring substituents is 1. The minimum Gasteiger partial charge on any atom is -0.495 e. The van der Waals surface area contributed by atoms with Crippen LogP contribution in [0, 0.1) is 10.1 Å². The maximum absolute atomic E-state index is 12.8. The summed E-state index contributed by atoms with van der Waals surface area (Å²) in [5.74, 6) is 0.329. The molecule has 0 spiro atoms. The standard InChI is InChI=1S/C16H19N3O6S/c1-24-10-9-17-14-8-7-12(19(20)21)11-16(14)26(22,23)18-13-5-3-4-6-15(13)25-2/h3-8,11,17-18H,9-10H2,1-2H3. The molecule has 0 saturated carbocycles. The van der Waals surface area contributed by atoms with Crippen LogP contribution in [0.15, 0.2) is 47.4 Å². The van der Waals surface area contributed by atoms with Gasteiger partial charge in [-0.1, -0.05) is 12.1 Å². The largest absolute Gasteiger partial charge is 0.495 e. The van der Waals surface area contributed by atoms with E-state index in [-0.39, 0.29) is 22.0 Å². The molecule has 10 heteroatoms. The lowest BCUT2D eigenvalue weighted by atomic mass is 10.3. The third kappa shape index (κ3) is 4.61. The van der Waals surface area contributed by atoms with Gasteiger partial charge in [-0.2, -0.15) is 0 Å². The quantitative estimate of drug-likeness (QED) is 0.389. The van der Waals surface area contributed by atoms with Gasteiger partial charge in [-0.3, -0.25) is 14.8 Å². The summed E-state index contributed by atoms with van der Waals surface area (Å²) in [5, 5.41) is 13.9. The van der Waals surface area contributed by atoms with Crippen LogP contribution < -0.4 is 14.8 Å². The first kappa shape index (κ1) is 19.5. The topological polar surface area (TPSA) is 120 Å². The summed E-state index contributed by atoms with van der Waals surface area (Å²) < 4.78 is 38.1. The SMILES string of the molecule is COCCNc1ccc([N+](=O)[O-])cc1S(=O)(=O)Nc1ccccc1OC. The van der Waals surface area contributed by atoms with Crippen LogP contribution in [0.1, 0.15) is 0 Å². The molecule has 26 heavy (non-hydrogen) atoms. The highest BCUT2D eigenvalue weighted by Crippen LogP contribution is 2.31. The number of nitrogens with one attached hydrogen (secondary N) is 2. The maximum atomic E-state index is 12.8. The van der Waals surface area contributed by atoms with E-state index in [2.05, 4.69) is 10.0 Å². The Hall–Kier alpha value is -2.85. The molecule has 0 aliphatic rings. The summed E-state index contributed by atoms with van der Waals surface area (Å²) in [4.78, 5) is 10.1. The van der Waals surface area contributed by atoms with Gasteiger partial charge in [0, 0.05) is 25.8 Å². The van der Waals surface area contributed by atoms with Crippen LogP contribution in [0.3, 0.4) is 0 Å². The molecule has 0 heterocycles. The molecule has 2 N–H and O–H groups in total. The van der Waals surface area contributed by atoms with Crippen LogP contribution >= 0.6 is 0 Å². The van der Waals surface area contributed by atoms with Gasteiger partial charge in [0.1, 0.15) is 10.6 Å². The highest BCUT2D eigenvalue weighted by Gasteiger charge is 2.23. The Bertz CT molecular complexity index is 885. The zero-order valence-corrected chi connectivity index (χ0v) is 15.1. The van der Waals surface area contributed by atoms with Crippen molar-refractivity contribution in [3.8, 4) is 5.75 Å². The number of para-hydroxylation sites is 2. The average Bonchev–Trinajstić information content (AvgIpc) is 2.62. The average molecular weight is 381 g/mol. The van der Waals surface area contributed by atoms with Crippen LogP contribution in [-0.4, -0.2) is 40.7 Å². The van der Waals surface area contributed by atoms with E-state index in [1.165, 1.54) is 32.4 Å². The Balaban J connectivity index is 2.44. The molecular formula is C16H19N3O6S. The van der Waals surface area contributed by atoms with Gasteiger partial charge < -0.3 is 14.8 Å². The molecule has 2 aromatic rings. The third-order valence-electron chi connectivity index (χ3n) is 3.44. The number of sulfonamides is 1. The van der Waals surface area contributed by atoms with Gasteiger partial charge >= 0.3 is 0 Å². The van der Waals surface area contributed by atoms with E-state index in [9.17, 15) is 18.5 Å². The summed E-state index contributed by atoms with van der Waals surface area (Å²) in [6.07, 6.45) is 0. The Morgan fingerprint density at radius 2 is 1.85 bits per heavy atom. The Morgan fingerprint density at radius 3 is 2.50 bits per heavy atom. The van der Waals surface area contributed by atoms with Gasteiger partial charge in [0.05, 0.1) is 30.0 Å². The summed E-state index contributed by atoms with van der Waals surface area (Å²) in [7, 11) is -1.18. The van der Waals surface area contributed by atoms with E-state index in [0.717, 1.165) is 6.07 Å². The van der Waals surface area contributed by atoms with Crippen LogP contribution in [0.25, 0.3) is 0 Å². The van der Waals surface area contributed by atoms with E-state index >= 15 is 0 Å². The number of hydrogen-bond acceptors (Lipinski definition) is 7. The van der Waals surface area contributed by atoms with Gasteiger partial charge in [0.2, 0.25) is 0 Å². The van der Waals surface area contributed by atoms with Crippen molar-refractivity contribution in [1.82, 2.24) is 0 Å². The maximum Gasteiger partial charge on any atom is 0.270 e. The molecule has 0 bridgehead atoms. The number of benzene rings is 2.